The standard InChI is InChI=1S/C17H20FN3O/c18-16-7-4-8-19-17(16)21-10-9-20(12-15(22)13-21)11-14-5-2-1-3-6-14/h1-8,15,22H,9-13H2. The summed E-state index contributed by atoms with van der Waals surface area (Å²) in [6.45, 7) is 3.19. The third-order valence-corrected chi connectivity index (χ3v) is 3.87. The fraction of sp³-hybridized carbons (Fsp3) is 0.353. The highest BCUT2D eigenvalue weighted by Crippen LogP contribution is 2.18. The van der Waals surface area contributed by atoms with Gasteiger partial charge in [-0.15, -0.1) is 0 Å². The average molecular weight is 301 g/mol. The first-order chi connectivity index (χ1) is 10.7. The van der Waals surface area contributed by atoms with Crippen LogP contribution in [-0.2, 0) is 6.54 Å². The van der Waals surface area contributed by atoms with Gasteiger partial charge in [0.15, 0.2) is 11.6 Å². The molecule has 0 aliphatic carbocycles. The van der Waals surface area contributed by atoms with E-state index in [0.29, 0.717) is 25.5 Å². The van der Waals surface area contributed by atoms with Gasteiger partial charge in [-0.3, -0.25) is 4.90 Å². The van der Waals surface area contributed by atoms with Crippen molar-refractivity contribution < 1.29 is 9.50 Å². The van der Waals surface area contributed by atoms with Crippen LogP contribution in [0.2, 0.25) is 0 Å². The molecule has 1 unspecified atom stereocenters. The number of benzene rings is 1. The van der Waals surface area contributed by atoms with Crippen molar-refractivity contribution in [2.24, 2.45) is 0 Å². The van der Waals surface area contributed by atoms with Crippen LogP contribution in [0.3, 0.4) is 0 Å². The minimum atomic E-state index is -0.521. The number of hydrogen-bond acceptors (Lipinski definition) is 4. The van der Waals surface area contributed by atoms with Gasteiger partial charge in [0.2, 0.25) is 0 Å². The van der Waals surface area contributed by atoms with E-state index in [-0.39, 0.29) is 5.82 Å². The molecule has 2 heterocycles. The summed E-state index contributed by atoms with van der Waals surface area (Å²) < 4.78 is 13.9. The first kappa shape index (κ1) is 14.9. The van der Waals surface area contributed by atoms with Crippen LogP contribution in [0.15, 0.2) is 48.7 Å². The van der Waals surface area contributed by atoms with Crippen LogP contribution in [0, 0.1) is 5.82 Å². The highest BCUT2D eigenvalue weighted by molar-refractivity contribution is 5.40. The van der Waals surface area contributed by atoms with Crippen LogP contribution >= 0.6 is 0 Å². The maximum absolute atomic E-state index is 13.9. The fourth-order valence-electron chi connectivity index (χ4n) is 2.84. The second-order valence-corrected chi connectivity index (χ2v) is 5.63. The van der Waals surface area contributed by atoms with E-state index in [9.17, 15) is 9.50 Å². The number of nitrogens with zero attached hydrogens (tertiary/aromatic N) is 3. The Kier molecular flexibility index (Phi) is 4.65. The molecule has 1 aromatic carbocycles. The zero-order valence-electron chi connectivity index (χ0n) is 12.4. The number of anilines is 1. The molecule has 1 N–H and O–H groups in total. The molecule has 1 saturated heterocycles. The van der Waals surface area contributed by atoms with Crippen LogP contribution in [0.5, 0.6) is 0 Å². The minimum Gasteiger partial charge on any atom is -0.390 e. The molecule has 22 heavy (non-hydrogen) atoms. The van der Waals surface area contributed by atoms with Crippen molar-refractivity contribution in [3.05, 3.63) is 60.0 Å². The van der Waals surface area contributed by atoms with E-state index in [4.69, 9.17) is 0 Å². The number of aliphatic hydroxyl groups is 1. The predicted molar refractivity (Wildman–Crippen MR) is 84.1 cm³/mol. The number of halogens is 1. The Labute approximate surface area is 129 Å². The SMILES string of the molecule is OC1CN(Cc2ccccc2)CCN(c2ncccc2F)C1. The van der Waals surface area contributed by atoms with Gasteiger partial charge in [0.25, 0.3) is 0 Å². The largest absolute Gasteiger partial charge is 0.390 e. The Balaban J connectivity index is 1.69. The summed E-state index contributed by atoms with van der Waals surface area (Å²) in [5.74, 6) is -0.0191. The van der Waals surface area contributed by atoms with Crippen LogP contribution in [-0.4, -0.2) is 47.3 Å². The minimum absolute atomic E-state index is 0.322. The lowest BCUT2D eigenvalue weighted by molar-refractivity contribution is 0.129. The molecule has 1 atom stereocenters. The van der Waals surface area contributed by atoms with Crippen LogP contribution in [0.4, 0.5) is 10.2 Å². The van der Waals surface area contributed by atoms with Crippen molar-refractivity contribution in [3.8, 4) is 0 Å². The zero-order chi connectivity index (χ0) is 15.4. The van der Waals surface area contributed by atoms with Crippen molar-refractivity contribution in [3.63, 3.8) is 0 Å². The van der Waals surface area contributed by atoms with E-state index in [1.807, 2.05) is 23.1 Å². The third kappa shape index (κ3) is 3.61. The van der Waals surface area contributed by atoms with Crippen molar-refractivity contribution in [1.82, 2.24) is 9.88 Å². The molecule has 1 aliphatic rings. The monoisotopic (exact) mass is 301 g/mol. The summed E-state index contributed by atoms with van der Waals surface area (Å²) in [4.78, 5) is 8.13. The molecule has 116 valence electrons. The van der Waals surface area contributed by atoms with E-state index in [2.05, 4.69) is 22.0 Å². The van der Waals surface area contributed by atoms with Crippen molar-refractivity contribution in [1.29, 1.82) is 0 Å². The van der Waals surface area contributed by atoms with Gasteiger partial charge in [0.05, 0.1) is 6.10 Å². The van der Waals surface area contributed by atoms with E-state index >= 15 is 0 Å². The Morgan fingerprint density at radius 1 is 1.09 bits per heavy atom. The molecule has 4 nitrogen and oxygen atoms in total. The second kappa shape index (κ2) is 6.85. The molecular weight excluding hydrogens is 281 g/mol. The van der Waals surface area contributed by atoms with Gasteiger partial charge in [-0.1, -0.05) is 30.3 Å². The fourth-order valence-corrected chi connectivity index (χ4v) is 2.84. The quantitative estimate of drug-likeness (QED) is 0.940. The third-order valence-electron chi connectivity index (χ3n) is 3.87. The van der Waals surface area contributed by atoms with Gasteiger partial charge in [0, 0.05) is 38.9 Å². The smallest absolute Gasteiger partial charge is 0.165 e. The Morgan fingerprint density at radius 3 is 2.68 bits per heavy atom. The molecule has 0 bridgehead atoms. The maximum atomic E-state index is 13.9. The van der Waals surface area contributed by atoms with Gasteiger partial charge in [-0.2, -0.15) is 0 Å². The molecule has 2 aromatic rings. The summed E-state index contributed by atoms with van der Waals surface area (Å²) in [5.41, 5.74) is 1.21. The first-order valence-corrected chi connectivity index (χ1v) is 7.52. The summed E-state index contributed by atoms with van der Waals surface area (Å²) in [6.07, 6.45) is 1.06. The highest BCUT2D eigenvalue weighted by atomic mass is 19.1. The van der Waals surface area contributed by atoms with E-state index in [1.54, 1.807) is 12.3 Å². The number of aromatic nitrogens is 1. The van der Waals surface area contributed by atoms with Gasteiger partial charge < -0.3 is 10.0 Å². The van der Waals surface area contributed by atoms with Crippen molar-refractivity contribution in [2.45, 2.75) is 12.6 Å². The van der Waals surface area contributed by atoms with Crippen LogP contribution < -0.4 is 4.90 Å². The number of aliphatic hydroxyl groups excluding tert-OH is 1. The van der Waals surface area contributed by atoms with E-state index in [1.165, 1.54) is 11.6 Å². The molecule has 5 heteroatoms. The predicted octanol–water partition coefficient (Wildman–Crippen LogP) is 1.90. The van der Waals surface area contributed by atoms with Gasteiger partial charge >= 0.3 is 0 Å². The van der Waals surface area contributed by atoms with Crippen molar-refractivity contribution >= 4 is 5.82 Å². The number of rotatable bonds is 3. The number of pyridine rings is 1. The molecule has 0 radical (unpaired) electrons. The summed E-state index contributed by atoms with van der Waals surface area (Å²) in [6, 6.07) is 13.2. The highest BCUT2D eigenvalue weighted by Gasteiger charge is 2.23. The Morgan fingerprint density at radius 2 is 1.91 bits per heavy atom. The number of β-amino-alcohol motifs (C(OH)–C–C–N with tert-alkyl or cyclic N) is 1. The van der Waals surface area contributed by atoms with E-state index in [0.717, 1.165) is 13.1 Å². The van der Waals surface area contributed by atoms with Crippen LogP contribution in [0.1, 0.15) is 5.56 Å². The molecule has 1 fully saturated rings. The number of hydrogen-bond donors (Lipinski definition) is 1. The molecule has 1 aliphatic heterocycles. The van der Waals surface area contributed by atoms with Gasteiger partial charge in [0.1, 0.15) is 0 Å². The topological polar surface area (TPSA) is 39.6 Å². The maximum Gasteiger partial charge on any atom is 0.165 e. The van der Waals surface area contributed by atoms with E-state index < -0.39 is 6.10 Å². The van der Waals surface area contributed by atoms with Gasteiger partial charge in [-0.05, 0) is 17.7 Å². The Hall–Kier alpha value is -1.98. The molecular formula is C17H20FN3O. The van der Waals surface area contributed by atoms with Crippen molar-refractivity contribution in [2.75, 3.05) is 31.1 Å². The summed E-state index contributed by atoms with van der Waals surface area (Å²) in [7, 11) is 0. The summed E-state index contributed by atoms with van der Waals surface area (Å²) >= 11 is 0. The molecule has 1 aromatic heterocycles. The zero-order valence-corrected chi connectivity index (χ0v) is 12.4. The molecule has 0 saturated carbocycles. The average Bonchev–Trinajstić information content (AvgIpc) is 2.70. The molecule has 0 spiro atoms. The lowest BCUT2D eigenvalue weighted by Crippen LogP contribution is -2.34. The lowest BCUT2D eigenvalue weighted by Gasteiger charge is -2.23. The second-order valence-electron chi connectivity index (χ2n) is 5.63. The molecule has 0 amide bonds. The summed E-state index contributed by atoms with van der Waals surface area (Å²) in [5, 5.41) is 10.2. The lowest BCUT2D eigenvalue weighted by atomic mass is 10.2. The molecule has 3 rings (SSSR count). The van der Waals surface area contributed by atoms with Gasteiger partial charge in [-0.25, -0.2) is 9.37 Å². The van der Waals surface area contributed by atoms with Crippen LogP contribution in [0.25, 0.3) is 0 Å². The Bertz CT molecular complexity index is 608. The first-order valence-electron chi connectivity index (χ1n) is 7.52. The normalized spacial score (nSPS) is 19.9.